The molecule has 0 saturated heterocycles. The number of amides is 1. The Balaban J connectivity index is 2.76. The van der Waals surface area contributed by atoms with E-state index >= 15 is 0 Å². The third-order valence-corrected chi connectivity index (χ3v) is 2.59. The van der Waals surface area contributed by atoms with Crippen molar-refractivity contribution in [3.8, 4) is 0 Å². The first-order valence-electron chi connectivity index (χ1n) is 6.21. The molecule has 1 aromatic carbocycles. The van der Waals surface area contributed by atoms with Crippen LogP contribution in [0.25, 0.3) is 0 Å². The number of hydrogen-bond acceptors (Lipinski definition) is 3. The number of carbonyl (C=O) groups excluding carboxylic acids is 1. The minimum atomic E-state index is -0.511. The van der Waals surface area contributed by atoms with Crippen molar-refractivity contribution in [2.45, 2.75) is 32.4 Å². The fraction of sp³-hybridized carbons (Fsp3) is 0.500. The highest BCUT2D eigenvalue weighted by atomic mass is 35.5. The van der Waals surface area contributed by atoms with Crippen LogP contribution in [0.3, 0.4) is 0 Å². The number of nitrogens with one attached hydrogen (secondary N) is 2. The van der Waals surface area contributed by atoms with E-state index in [9.17, 15) is 4.79 Å². The van der Waals surface area contributed by atoms with Crippen molar-refractivity contribution in [1.82, 2.24) is 10.6 Å². The molecule has 5 heteroatoms. The predicted octanol–water partition coefficient (Wildman–Crippen LogP) is 3.13. The third-order valence-electron chi connectivity index (χ3n) is 2.35. The van der Waals surface area contributed by atoms with Gasteiger partial charge in [0.25, 0.3) is 0 Å². The van der Waals surface area contributed by atoms with Crippen LogP contribution in [-0.4, -0.2) is 25.3 Å². The van der Waals surface area contributed by atoms with Crippen LogP contribution in [0.2, 0.25) is 5.02 Å². The zero-order chi connectivity index (χ0) is 14.5. The fourth-order valence-corrected chi connectivity index (χ4v) is 1.83. The predicted molar refractivity (Wildman–Crippen MR) is 77.5 cm³/mol. The largest absolute Gasteiger partial charge is 0.444 e. The average Bonchev–Trinajstić information content (AvgIpc) is 2.26. The normalized spacial score (nSPS) is 12.9. The van der Waals surface area contributed by atoms with E-state index in [1.807, 2.05) is 46.0 Å². The van der Waals surface area contributed by atoms with Crippen molar-refractivity contribution in [3.05, 3.63) is 34.9 Å². The van der Waals surface area contributed by atoms with Crippen LogP contribution in [0.5, 0.6) is 0 Å². The molecule has 1 amide bonds. The van der Waals surface area contributed by atoms with Gasteiger partial charge in [0.2, 0.25) is 0 Å². The molecule has 0 saturated carbocycles. The van der Waals surface area contributed by atoms with Crippen molar-refractivity contribution >= 4 is 17.7 Å². The lowest BCUT2D eigenvalue weighted by atomic mass is 10.1. The van der Waals surface area contributed by atoms with Gasteiger partial charge in [0, 0.05) is 11.6 Å². The molecule has 1 rings (SSSR count). The molecular weight excluding hydrogens is 264 g/mol. The highest BCUT2D eigenvalue weighted by Crippen LogP contribution is 2.18. The smallest absolute Gasteiger partial charge is 0.408 e. The first-order valence-corrected chi connectivity index (χ1v) is 6.59. The van der Waals surface area contributed by atoms with Gasteiger partial charge in [-0.2, -0.15) is 0 Å². The van der Waals surface area contributed by atoms with Gasteiger partial charge in [-0.25, -0.2) is 4.79 Å². The Morgan fingerprint density at radius 2 is 2.11 bits per heavy atom. The Labute approximate surface area is 119 Å². The Bertz CT molecular complexity index is 430. The first kappa shape index (κ1) is 15.8. The van der Waals surface area contributed by atoms with Crippen molar-refractivity contribution in [3.63, 3.8) is 0 Å². The van der Waals surface area contributed by atoms with E-state index in [1.54, 1.807) is 6.07 Å². The molecule has 0 spiro atoms. The van der Waals surface area contributed by atoms with E-state index in [0.717, 1.165) is 5.56 Å². The molecule has 0 radical (unpaired) electrons. The second kappa shape index (κ2) is 6.78. The molecular formula is C14H21ClN2O2. The van der Waals surface area contributed by atoms with Gasteiger partial charge < -0.3 is 15.4 Å². The number of hydrogen-bond donors (Lipinski definition) is 2. The minimum Gasteiger partial charge on any atom is -0.444 e. The highest BCUT2D eigenvalue weighted by molar-refractivity contribution is 6.30. The quantitative estimate of drug-likeness (QED) is 0.893. The summed E-state index contributed by atoms with van der Waals surface area (Å²) >= 11 is 5.97. The van der Waals surface area contributed by atoms with Crippen molar-refractivity contribution in [2.75, 3.05) is 13.6 Å². The van der Waals surface area contributed by atoms with Gasteiger partial charge in [-0.15, -0.1) is 0 Å². The van der Waals surface area contributed by atoms with Gasteiger partial charge in [0.15, 0.2) is 0 Å². The number of benzene rings is 1. The maximum absolute atomic E-state index is 11.8. The van der Waals surface area contributed by atoms with Crippen LogP contribution in [-0.2, 0) is 4.74 Å². The van der Waals surface area contributed by atoms with Gasteiger partial charge in [0.1, 0.15) is 5.60 Å². The maximum atomic E-state index is 11.8. The molecule has 4 nitrogen and oxygen atoms in total. The lowest BCUT2D eigenvalue weighted by Crippen LogP contribution is -2.38. The van der Waals surface area contributed by atoms with E-state index in [2.05, 4.69) is 10.6 Å². The van der Waals surface area contributed by atoms with Crippen molar-refractivity contribution in [1.29, 1.82) is 0 Å². The summed E-state index contributed by atoms with van der Waals surface area (Å²) in [7, 11) is 1.83. The second-order valence-electron chi connectivity index (χ2n) is 5.31. The molecule has 1 aromatic rings. The van der Waals surface area contributed by atoms with Crippen LogP contribution < -0.4 is 10.6 Å². The van der Waals surface area contributed by atoms with E-state index in [1.165, 1.54) is 0 Å². The summed E-state index contributed by atoms with van der Waals surface area (Å²) in [5, 5.41) is 6.52. The number of ether oxygens (including phenoxy) is 1. The fourth-order valence-electron chi connectivity index (χ4n) is 1.63. The number of alkyl carbamates (subject to hydrolysis) is 1. The van der Waals surface area contributed by atoms with Crippen molar-refractivity contribution < 1.29 is 9.53 Å². The molecule has 0 unspecified atom stereocenters. The lowest BCUT2D eigenvalue weighted by Gasteiger charge is -2.24. The Hall–Kier alpha value is -1.26. The second-order valence-corrected chi connectivity index (χ2v) is 5.75. The minimum absolute atomic E-state index is 0.182. The molecule has 0 bridgehead atoms. The summed E-state index contributed by atoms with van der Waals surface area (Å²) in [5.41, 5.74) is 0.426. The van der Waals surface area contributed by atoms with Gasteiger partial charge in [-0.05, 0) is 45.5 Å². The molecule has 106 valence electrons. The van der Waals surface area contributed by atoms with Gasteiger partial charge >= 0.3 is 6.09 Å². The van der Waals surface area contributed by atoms with Crippen LogP contribution in [0.15, 0.2) is 24.3 Å². The van der Waals surface area contributed by atoms with Gasteiger partial charge in [-0.1, -0.05) is 23.7 Å². The molecule has 0 aliphatic rings. The molecule has 19 heavy (non-hydrogen) atoms. The molecule has 0 aliphatic carbocycles. The Morgan fingerprint density at radius 3 is 2.63 bits per heavy atom. The first-order chi connectivity index (χ1) is 8.81. The Morgan fingerprint density at radius 1 is 1.42 bits per heavy atom. The topological polar surface area (TPSA) is 50.4 Å². The van der Waals surface area contributed by atoms with Crippen LogP contribution >= 0.6 is 11.6 Å². The maximum Gasteiger partial charge on any atom is 0.408 e. The molecule has 0 aliphatic heterocycles. The molecule has 0 fully saturated rings. The summed E-state index contributed by atoms with van der Waals surface area (Å²) in [4.78, 5) is 11.8. The van der Waals surface area contributed by atoms with Crippen LogP contribution in [0, 0.1) is 0 Å². The molecule has 0 aromatic heterocycles. The van der Waals surface area contributed by atoms with E-state index in [4.69, 9.17) is 16.3 Å². The lowest BCUT2D eigenvalue weighted by molar-refractivity contribution is 0.0503. The van der Waals surface area contributed by atoms with Gasteiger partial charge in [0.05, 0.1) is 6.04 Å². The summed E-state index contributed by atoms with van der Waals surface area (Å²) in [5.74, 6) is 0. The monoisotopic (exact) mass is 284 g/mol. The summed E-state index contributed by atoms with van der Waals surface area (Å²) in [6.07, 6.45) is -0.437. The summed E-state index contributed by atoms with van der Waals surface area (Å²) in [6.45, 7) is 6.09. The number of carbonyl (C=O) groups is 1. The van der Waals surface area contributed by atoms with Crippen LogP contribution in [0.4, 0.5) is 4.79 Å². The zero-order valence-corrected chi connectivity index (χ0v) is 12.5. The molecule has 0 heterocycles. The Kier molecular flexibility index (Phi) is 5.63. The standard InChI is InChI=1S/C14H21ClN2O2/c1-14(2,3)19-13(18)17-12(9-16-4)10-6-5-7-11(15)8-10/h5-8,12,16H,9H2,1-4H3,(H,17,18)/t12-/m1/s1. The SMILES string of the molecule is CNC[C@@H](NC(=O)OC(C)(C)C)c1cccc(Cl)c1. The van der Waals surface area contributed by atoms with E-state index < -0.39 is 11.7 Å². The average molecular weight is 285 g/mol. The van der Waals surface area contributed by atoms with E-state index in [0.29, 0.717) is 11.6 Å². The van der Waals surface area contributed by atoms with Gasteiger partial charge in [-0.3, -0.25) is 0 Å². The number of likely N-dealkylation sites (N-methyl/N-ethyl adjacent to an activating group) is 1. The summed E-state index contributed by atoms with van der Waals surface area (Å²) in [6, 6.07) is 7.23. The summed E-state index contributed by atoms with van der Waals surface area (Å²) < 4.78 is 5.26. The highest BCUT2D eigenvalue weighted by Gasteiger charge is 2.20. The number of rotatable bonds is 4. The molecule has 1 atom stereocenters. The van der Waals surface area contributed by atoms with E-state index in [-0.39, 0.29) is 6.04 Å². The third kappa shape index (κ3) is 5.94. The van der Waals surface area contributed by atoms with Crippen molar-refractivity contribution in [2.24, 2.45) is 0 Å². The van der Waals surface area contributed by atoms with Crippen LogP contribution in [0.1, 0.15) is 32.4 Å². The number of halogens is 1. The molecule has 2 N–H and O–H groups in total. The zero-order valence-electron chi connectivity index (χ0n) is 11.8.